The van der Waals surface area contributed by atoms with Gasteiger partial charge in [-0.2, -0.15) is 20.0 Å². The summed E-state index contributed by atoms with van der Waals surface area (Å²) in [5.74, 6) is 0.760. The third-order valence-electron chi connectivity index (χ3n) is 3.38. The number of H-pyrrole nitrogens is 1. The van der Waals surface area contributed by atoms with Gasteiger partial charge >= 0.3 is 0 Å². The van der Waals surface area contributed by atoms with Crippen LogP contribution in [0.15, 0.2) is 35.4 Å². The maximum atomic E-state index is 6.47. The van der Waals surface area contributed by atoms with Crippen molar-refractivity contribution in [3.63, 3.8) is 0 Å². The minimum atomic E-state index is 0.447. The molecule has 118 valence electrons. The Kier molecular flexibility index (Phi) is 4.40. The Labute approximate surface area is 143 Å². The zero-order valence-corrected chi connectivity index (χ0v) is 14.3. The number of aryl methyl sites for hydroxylation is 2. The molecule has 6 nitrogen and oxygen atoms in total. The molecule has 8 heteroatoms. The van der Waals surface area contributed by atoms with Crippen LogP contribution in [0, 0.1) is 11.7 Å². The van der Waals surface area contributed by atoms with E-state index in [0.717, 1.165) is 29.2 Å². The lowest BCUT2D eigenvalue weighted by Crippen LogP contribution is -1.98. The van der Waals surface area contributed by atoms with Crippen molar-refractivity contribution < 1.29 is 0 Å². The van der Waals surface area contributed by atoms with Crippen molar-refractivity contribution in [2.45, 2.75) is 20.3 Å². The zero-order chi connectivity index (χ0) is 16.4. The van der Waals surface area contributed by atoms with Crippen molar-refractivity contribution in [3.05, 3.63) is 57.3 Å². The van der Waals surface area contributed by atoms with Crippen molar-refractivity contribution in [2.75, 3.05) is 0 Å². The van der Waals surface area contributed by atoms with Crippen LogP contribution in [0.2, 0.25) is 5.15 Å². The second-order valence-electron chi connectivity index (χ2n) is 4.89. The van der Waals surface area contributed by atoms with Gasteiger partial charge in [-0.15, -0.1) is 0 Å². The maximum Gasteiger partial charge on any atom is 0.216 e. The first kappa shape index (κ1) is 15.6. The van der Waals surface area contributed by atoms with Gasteiger partial charge in [0.2, 0.25) is 4.77 Å². The molecule has 23 heavy (non-hydrogen) atoms. The Morgan fingerprint density at radius 3 is 2.78 bits per heavy atom. The Hall–Kier alpha value is -2.25. The Morgan fingerprint density at radius 1 is 1.35 bits per heavy atom. The number of para-hydroxylation sites is 1. The predicted octanol–water partition coefficient (Wildman–Crippen LogP) is 3.53. The van der Waals surface area contributed by atoms with Crippen LogP contribution in [0.25, 0.3) is 5.69 Å². The molecule has 0 aliphatic rings. The largest absolute Gasteiger partial charge is 0.250 e. The summed E-state index contributed by atoms with van der Waals surface area (Å²) in [6.45, 7) is 3.88. The summed E-state index contributed by atoms with van der Waals surface area (Å²) in [5, 5.41) is 16.2. The van der Waals surface area contributed by atoms with Crippen molar-refractivity contribution in [2.24, 2.45) is 5.10 Å². The van der Waals surface area contributed by atoms with E-state index in [4.69, 9.17) is 23.8 Å². The quantitative estimate of drug-likeness (QED) is 0.580. The van der Waals surface area contributed by atoms with Gasteiger partial charge in [0.1, 0.15) is 5.15 Å². The van der Waals surface area contributed by atoms with E-state index in [-0.39, 0.29) is 0 Å². The van der Waals surface area contributed by atoms with E-state index < -0.39 is 0 Å². The van der Waals surface area contributed by atoms with Gasteiger partial charge in [0, 0.05) is 6.42 Å². The van der Waals surface area contributed by atoms with Crippen LogP contribution in [0.4, 0.5) is 0 Å². The molecule has 0 bridgehead atoms. The molecule has 0 saturated heterocycles. The molecule has 0 atom stereocenters. The molecule has 0 unspecified atom stereocenters. The Balaban J connectivity index is 2.01. The molecule has 2 aromatic heterocycles. The third-order valence-corrected chi connectivity index (χ3v) is 4.01. The van der Waals surface area contributed by atoms with E-state index >= 15 is 0 Å². The second kappa shape index (κ2) is 6.47. The van der Waals surface area contributed by atoms with Crippen molar-refractivity contribution in [1.82, 2.24) is 24.7 Å². The molecule has 3 aromatic rings. The van der Waals surface area contributed by atoms with Gasteiger partial charge in [-0.3, -0.25) is 5.10 Å². The molecule has 3 rings (SSSR count). The van der Waals surface area contributed by atoms with Gasteiger partial charge in [-0.25, -0.2) is 4.68 Å². The van der Waals surface area contributed by atoms with Gasteiger partial charge in [-0.1, -0.05) is 36.7 Å². The van der Waals surface area contributed by atoms with E-state index in [9.17, 15) is 0 Å². The van der Waals surface area contributed by atoms with Crippen LogP contribution in [-0.2, 0) is 6.42 Å². The van der Waals surface area contributed by atoms with E-state index in [1.807, 2.05) is 44.2 Å². The van der Waals surface area contributed by atoms with Crippen molar-refractivity contribution in [3.8, 4) is 5.69 Å². The molecule has 0 saturated carbocycles. The number of nitrogens with zero attached hydrogens (tertiary/aromatic N) is 5. The number of aromatic amines is 1. The first-order chi connectivity index (χ1) is 11.1. The summed E-state index contributed by atoms with van der Waals surface area (Å²) in [7, 11) is 0. The lowest BCUT2D eigenvalue weighted by molar-refractivity contribution is 0.780. The van der Waals surface area contributed by atoms with Gasteiger partial charge < -0.3 is 0 Å². The summed E-state index contributed by atoms with van der Waals surface area (Å²) in [5.41, 5.74) is 2.44. The van der Waals surface area contributed by atoms with E-state index in [1.54, 1.807) is 15.6 Å². The fourth-order valence-corrected chi connectivity index (χ4v) is 2.70. The summed E-state index contributed by atoms with van der Waals surface area (Å²) >= 11 is 11.6. The third kappa shape index (κ3) is 2.97. The number of rotatable bonds is 4. The first-order valence-electron chi connectivity index (χ1n) is 7.13. The first-order valence-corrected chi connectivity index (χ1v) is 7.91. The van der Waals surface area contributed by atoms with Crippen LogP contribution in [0.1, 0.15) is 24.0 Å². The fraction of sp³-hybridized carbons (Fsp3) is 0.200. The smallest absolute Gasteiger partial charge is 0.216 e. The lowest BCUT2D eigenvalue weighted by Gasteiger charge is -2.02. The molecule has 0 aliphatic carbocycles. The summed E-state index contributed by atoms with van der Waals surface area (Å²) < 4.78 is 3.72. The highest BCUT2D eigenvalue weighted by molar-refractivity contribution is 7.71. The summed E-state index contributed by atoms with van der Waals surface area (Å²) in [4.78, 5) is 0. The second-order valence-corrected chi connectivity index (χ2v) is 5.64. The van der Waals surface area contributed by atoms with Crippen LogP contribution in [-0.4, -0.2) is 30.9 Å². The molecular formula is C15H15ClN6S. The van der Waals surface area contributed by atoms with E-state index in [1.165, 1.54) is 0 Å². The average molecular weight is 347 g/mol. The Morgan fingerprint density at radius 2 is 2.09 bits per heavy atom. The monoisotopic (exact) mass is 346 g/mol. The van der Waals surface area contributed by atoms with Gasteiger partial charge in [0.15, 0.2) is 5.82 Å². The molecule has 1 aromatic carbocycles. The van der Waals surface area contributed by atoms with Gasteiger partial charge in [0.25, 0.3) is 0 Å². The SMILES string of the molecule is CCc1n[nH]c(=S)n1/N=C/c1c(C)nn(-c2ccccc2)c1Cl. The van der Waals surface area contributed by atoms with Crippen molar-refractivity contribution in [1.29, 1.82) is 0 Å². The highest BCUT2D eigenvalue weighted by Gasteiger charge is 2.13. The highest BCUT2D eigenvalue weighted by atomic mass is 35.5. The van der Waals surface area contributed by atoms with Crippen LogP contribution < -0.4 is 0 Å². The normalized spacial score (nSPS) is 11.4. The Bertz CT molecular complexity index is 906. The van der Waals surface area contributed by atoms with E-state index in [0.29, 0.717) is 9.92 Å². The van der Waals surface area contributed by atoms with Gasteiger partial charge in [-0.05, 0) is 31.3 Å². The zero-order valence-electron chi connectivity index (χ0n) is 12.7. The number of benzene rings is 1. The minimum absolute atomic E-state index is 0.447. The van der Waals surface area contributed by atoms with E-state index in [2.05, 4.69) is 20.4 Å². The molecule has 0 radical (unpaired) electrons. The average Bonchev–Trinajstić information content (AvgIpc) is 3.06. The summed E-state index contributed by atoms with van der Waals surface area (Å²) in [6.07, 6.45) is 2.38. The van der Waals surface area contributed by atoms with Crippen LogP contribution >= 0.6 is 23.8 Å². The molecular weight excluding hydrogens is 332 g/mol. The molecule has 0 fully saturated rings. The molecule has 1 N–H and O–H groups in total. The van der Waals surface area contributed by atoms with Crippen LogP contribution in [0.3, 0.4) is 0 Å². The molecule has 0 amide bonds. The van der Waals surface area contributed by atoms with Crippen molar-refractivity contribution >= 4 is 30.0 Å². The molecule has 0 spiro atoms. The highest BCUT2D eigenvalue weighted by Crippen LogP contribution is 2.22. The number of hydrogen-bond donors (Lipinski definition) is 1. The van der Waals surface area contributed by atoms with Gasteiger partial charge in [0.05, 0.1) is 23.2 Å². The number of nitrogens with one attached hydrogen (secondary N) is 1. The molecule has 2 heterocycles. The summed E-state index contributed by atoms with van der Waals surface area (Å²) in [6, 6.07) is 9.72. The lowest BCUT2D eigenvalue weighted by atomic mass is 10.3. The fourth-order valence-electron chi connectivity index (χ4n) is 2.19. The van der Waals surface area contributed by atoms with Crippen LogP contribution in [0.5, 0.6) is 0 Å². The number of hydrogen-bond acceptors (Lipinski definition) is 4. The maximum absolute atomic E-state index is 6.47. The standard InChI is InChI=1S/C15H15ClN6S/c1-3-13-18-19-15(23)22(13)17-9-12-10(2)20-21(14(12)16)11-7-5-4-6-8-11/h4-9H,3H2,1-2H3,(H,19,23)/b17-9+. The molecule has 0 aliphatic heterocycles. The number of halogens is 1. The topological polar surface area (TPSA) is 63.8 Å². The minimum Gasteiger partial charge on any atom is -0.250 e. The predicted molar refractivity (Wildman–Crippen MR) is 93.1 cm³/mol. The number of aromatic nitrogens is 5.